The van der Waals surface area contributed by atoms with Crippen LogP contribution in [0.4, 0.5) is 23.2 Å². The normalized spacial score (nSPS) is 18.7. The Morgan fingerprint density at radius 1 is 1.06 bits per heavy atom. The number of phenols is 1. The summed E-state index contributed by atoms with van der Waals surface area (Å²) in [6.45, 7) is -0.409. The Morgan fingerprint density at radius 2 is 1.81 bits per heavy atom. The van der Waals surface area contributed by atoms with Gasteiger partial charge in [0.1, 0.15) is 18.1 Å². The van der Waals surface area contributed by atoms with Crippen molar-refractivity contribution < 1.29 is 46.8 Å². The van der Waals surface area contributed by atoms with Gasteiger partial charge in [-0.1, -0.05) is 18.2 Å². The lowest BCUT2D eigenvalue weighted by atomic mass is 9.92. The standard InChI is InChI=1S/C35H37F4N3O6/c36-34(37)35(38,39)20-42(29-19-47-30-4-2-1-3-25(29)30)33(46)26-8-7-24(43)16-28(26)41-13-10-21(11-14-41)18-48-31-15-23(9-12-40-31)27(17-32(44)45)22-5-6-22/h1-4,7-9,12,15-16,21-22,27,29,34,43H,5-6,10-11,13-14,17-20H2,(H,44,45). The molecule has 2 unspecified atom stereocenters. The highest BCUT2D eigenvalue weighted by atomic mass is 19.3. The number of carbonyl (C=O) groups is 2. The fourth-order valence-electron chi connectivity index (χ4n) is 6.66. The lowest BCUT2D eigenvalue weighted by Gasteiger charge is -2.36. The summed E-state index contributed by atoms with van der Waals surface area (Å²) in [6.07, 6.45) is 0.998. The van der Waals surface area contributed by atoms with Crippen LogP contribution in [-0.4, -0.2) is 77.2 Å². The van der Waals surface area contributed by atoms with E-state index in [1.807, 2.05) is 17.0 Å². The first-order chi connectivity index (χ1) is 23.0. The van der Waals surface area contributed by atoms with Crippen molar-refractivity contribution in [2.24, 2.45) is 11.8 Å². The molecule has 6 rings (SSSR count). The predicted octanol–water partition coefficient (Wildman–Crippen LogP) is 6.53. The largest absolute Gasteiger partial charge is 0.508 e. The number of nitrogens with zero attached hydrogens (tertiary/aromatic N) is 3. The van der Waals surface area contributed by atoms with E-state index >= 15 is 0 Å². The molecule has 13 heteroatoms. The molecule has 3 aromatic rings. The Hall–Kier alpha value is -4.55. The maximum Gasteiger partial charge on any atom is 0.324 e. The minimum atomic E-state index is -4.47. The van der Waals surface area contributed by atoms with Gasteiger partial charge in [0.15, 0.2) is 0 Å². The van der Waals surface area contributed by atoms with Crippen molar-refractivity contribution in [3.8, 4) is 17.4 Å². The average Bonchev–Trinajstić information content (AvgIpc) is 3.83. The number of carboxylic acid groups (broad SMARTS) is 1. The number of alkyl halides is 4. The molecule has 2 aliphatic heterocycles. The van der Waals surface area contributed by atoms with Gasteiger partial charge in [0.05, 0.1) is 36.9 Å². The molecule has 0 radical (unpaired) electrons. The Kier molecular flexibility index (Phi) is 9.66. The van der Waals surface area contributed by atoms with Gasteiger partial charge >= 0.3 is 18.3 Å². The van der Waals surface area contributed by atoms with Crippen LogP contribution in [0.2, 0.25) is 0 Å². The van der Waals surface area contributed by atoms with Gasteiger partial charge in [-0.3, -0.25) is 9.59 Å². The van der Waals surface area contributed by atoms with E-state index in [4.69, 9.17) is 9.47 Å². The van der Waals surface area contributed by atoms with Gasteiger partial charge in [0.25, 0.3) is 5.91 Å². The van der Waals surface area contributed by atoms with E-state index in [0.717, 1.165) is 23.3 Å². The van der Waals surface area contributed by atoms with Crippen LogP contribution in [0.25, 0.3) is 0 Å². The second kappa shape index (κ2) is 13.9. The second-order valence-corrected chi connectivity index (χ2v) is 12.8. The maximum absolute atomic E-state index is 14.5. The highest BCUT2D eigenvalue weighted by Gasteiger charge is 2.47. The molecule has 1 aromatic heterocycles. The number of aromatic nitrogens is 1. The molecular formula is C35H37F4N3O6. The van der Waals surface area contributed by atoms with E-state index in [2.05, 4.69) is 4.98 Å². The molecule has 1 saturated heterocycles. The molecule has 3 aliphatic rings. The zero-order chi connectivity index (χ0) is 34.0. The van der Waals surface area contributed by atoms with Crippen LogP contribution in [0.15, 0.2) is 60.8 Å². The number of rotatable bonds is 13. The first kappa shape index (κ1) is 33.4. The number of ether oxygens (including phenoxy) is 2. The zero-order valence-corrected chi connectivity index (χ0v) is 26.1. The third-order valence-electron chi connectivity index (χ3n) is 9.42. The first-order valence-electron chi connectivity index (χ1n) is 16.1. The second-order valence-electron chi connectivity index (χ2n) is 12.8. The monoisotopic (exact) mass is 671 g/mol. The summed E-state index contributed by atoms with van der Waals surface area (Å²) in [4.78, 5) is 32.4. The number of amides is 1. The Labute approximate surface area is 275 Å². The number of phenolic OH excluding ortho intramolecular Hbond substituents is 1. The van der Waals surface area contributed by atoms with Crippen LogP contribution in [-0.2, 0) is 4.79 Å². The number of anilines is 1. The average molecular weight is 672 g/mol. The number of carbonyl (C=O) groups excluding carboxylic acids is 1. The van der Waals surface area contributed by atoms with E-state index in [9.17, 15) is 37.4 Å². The summed E-state index contributed by atoms with van der Waals surface area (Å²) < 4.78 is 67.5. The van der Waals surface area contributed by atoms with Crippen molar-refractivity contribution in [1.29, 1.82) is 0 Å². The van der Waals surface area contributed by atoms with Crippen molar-refractivity contribution in [1.82, 2.24) is 9.88 Å². The van der Waals surface area contributed by atoms with Crippen LogP contribution < -0.4 is 14.4 Å². The van der Waals surface area contributed by atoms with Crippen LogP contribution in [0.3, 0.4) is 0 Å². The molecule has 1 saturated carbocycles. The van der Waals surface area contributed by atoms with Gasteiger partial charge in [-0.2, -0.15) is 8.78 Å². The van der Waals surface area contributed by atoms with Crippen LogP contribution in [0.5, 0.6) is 17.4 Å². The number of para-hydroxylation sites is 1. The summed E-state index contributed by atoms with van der Waals surface area (Å²) in [7, 11) is 0. The third-order valence-corrected chi connectivity index (χ3v) is 9.42. The molecule has 2 aromatic carbocycles. The van der Waals surface area contributed by atoms with Gasteiger partial charge in [-0.25, -0.2) is 13.8 Å². The number of aliphatic carboxylic acids is 1. The lowest BCUT2D eigenvalue weighted by molar-refractivity contribution is -0.141. The number of carboxylic acids is 1. The minimum Gasteiger partial charge on any atom is -0.508 e. The van der Waals surface area contributed by atoms with Crippen molar-refractivity contribution in [2.45, 2.75) is 56.4 Å². The molecule has 1 aliphatic carbocycles. The predicted molar refractivity (Wildman–Crippen MR) is 167 cm³/mol. The fraction of sp³-hybridized carbons (Fsp3) is 0.457. The number of halogens is 4. The van der Waals surface area contributed by atoms with Crippen molar-refractivity contribution in [3.05, 3.63) is 77.5 Å². The summed E-state index contributed by atoms with van der Waals surface area (Å²) in [5.41, 5.74) is 1.66. The van der Waals surface area contributed by atoms with Crippen molar-refractivity contribution in [3.63, 3.8) is 0 Å². The topological polar surface area (TPSA) is 112 Å². The Morgan fingerprint density at radius 3 is 2.52 bits per heavy atom. The number of pyridine rings is 1. The Bertz CT molecular complexity index is 1630. The van der Waals surface area contributed by atoms with Crippen molar-refractivity contribution in [2.75, 3.05) is 37.7 Å². The van der Waals surface area contributed by atoms with E-state index in [1.165, 1.54) is 18.2 Å². The van der Waals surface area contributed by atoms with Crippen LogP contribution in [0.1, 0.15) is 65.5 Å². The van der Waals surface area contributed by atoms with Gasteiger partial charge in [-0.15, -0.1) is 0 Å². The highest BCUT2D eigenvalue weighted by molar-refractivity contribution is 6.00. The number of hydrogen-bond acceptors (Lipinski definition) is 7. The number of fused-ring (bicyclic) bond motifs is 1. The molecule has 3 heterocycles. The van der Waals surface area contributed by atoms with E-state index < -0.39 is 36.8 Å². The first-order valence-corrected chi connectivity index (χ1v) is 16.1. The number of piperidine rings is 1. The fourth-order valence-corrected chi connectivity index (χ4v) is 6.66. The van der Waals surface area contributed by atoms with Gasteiger partial charge in [0.2, 0.25) is 5.88 Å². The quantitative estimate of drug-likeness (QED) is 0.198. The molecule has 0 bridgehead atoms. The molecule has 9 nitrogen and oxygen atoms in total. The lowest BCUT2D eigenvalue weighted by Crippen LogP contribution is -2.47. The molecule has 256 valence electrons. The molecule has 2 N–H and O–H groups in total. The number of aromatic hydroxyl groups is 1. The summed E-state index contributed by atoms with van der Waals surface area (Å²) >= 11 is 0. The van der Waals surface area contributed by atoms with Gasteiger partial charge in [-0.05, 0) is 73.3 Å². The molecule has 2 fully saturated rings. The van der Waals surface area contributed by atoms with Crippen LogP contribution in [0, 0.1) is 11.8 Å². The van der Waals surface area contributed by atoms with Gasteiger partial charge < -0.3 is 29.5 Å². The summed E-state index contributed by atoms with van der Waals surface area (Å²) in [6, 6.07) is 13.2. The smallest absolute Gasteiger partial charge is 0.324 e. The zero-order valence-electron chi connectivity index (χ0n) is 26.1. The number of hydrogen-bond donors (Lipinski definition) is 2. The molecule has 1 amide bonds. The maximum atomic E-state index is 14.5. The number of benzene rings is 2. The minimum absolute atomic E-state index is 0.00420. The Balaban J connectivity index is 1.15. The van der Waals surface area contributed by atoms with Gasteiger partial charge in [0, 0.05) is 37.0 Å². The third kappa shape index (κ3) is 7.44. The molecule has 0 spiro atoms. The SMILES string of the molecule is O=C(O)CC(c1ccnc(OCC2CCN(c3cc(O)ccc3C(=O)N(CC(F)(F)C(F)F)C3COc4ccccc43)CC2)c1)C1CC1. The van der Waals surface area contributed by atoms with Crippen molar-refractivity contribution >= 4 is 17.6 Å². The highest BCUT2D eigenvalue weighted by Crippen LogP contribution is 2.45. The van der Waals surface area contributed by atoms with E-state index in [-0.39, 0.29) is 36.2 Å². The van der Waals surface area contributed by atoms with E-state index in [1.54, 1.807) is 30.5 Å². The van der Waals surface area contributed by atoms with Crippen LogP contribution >= 0.6 is 0 Å². The molecule has 2 atom stereocenters. The summed E-state index contributed by atoms with van der Waals surface area (Å²) in [5.74, 6) is -5.11. The summed E-state index contributed by atoms with van der Waals surface area (Å²) in [5, 5.41) is 19.7. The molecule has 48 heavy (non-hydrogen) atoms. The van der Waals surface area contributed by atoms with E-state index in [0.29, 0.717) is 61.3 Å². The molecular weight excluding hydrogens is 634 g/mol.